The summed E-state index contributed by atoms with van der Waals surface area (Å²) in [6.07, 6.45) is 1.63. The number of carbonyl (C=O) groups excluding carboxylic acids is 1. The Hall–Kier alpha value is -3.94. The van der Waals surface area contributed by atoms with Gasteiger partial charge in [-0.1, -0.05) is 0 Å². The monoisotopic (exact) mass is 362 g/mol. The molecule has 0 fully saturated rings. The highest BCUT2D eigenvalue weighted by molar-refractivity contribution is 6.35. The number of hydrogen-bond donors (Lipinski definition) is 2. The molecule has 134 valence electrons. The first-order valence-corrected chi connectivity index (χ1v) is 8.07. The molecule has 1 amide bonds. The minimum absolute atomic E-state index is 0.0697. The summed E-state index contributed by atoms with van der Waals surface area (Å²) in [7, 11) is 1.60. The van der Waals surface area contributed by atoms with Gasteiger partial charge >= 0.3 is 0 Å². The van der Waals surface area contributed by atoms with E-state index in [1.54, 1.807) is 19.3 Å². The van der Waals surface area contributed by atoms with Crippen molar-refractivity contribution >= 4 is 28.9 Å². The van der Waals surface area contributed by atoms with Crippen molar-refractivity contribution in [2.24, 2.45) is 0 Å². The molecule has 2 heterocycles. The summed E-state index contributed by atoms with van der Waals surface area (Å²) in [4.78, 5) is 22.8. The molecule has 1 aliphatic heterocycles. The van der Waals surface area contributed by atoms with Gasteiger partial charge in [-0.25, -0.2) is 0 Å². The van der Waals surface area contributed by atoms with Crippen molar-refractivity contribution in [2.75, 3.05) is 12.4 Å². The predicted octanol–water partition coefficient (Wildman–Crippen LogP) is 3.49. The minimum atomic E-state index is -0.487. The van der Waals surface area contributed by atoms with Gasteiger partial charge in [0.15, 0.2) is 0 Å². The molecule has 0 saturated heterocycles. The fraction of sp³-hybridized carbons (Fsp3) is 0.0526. The summed E-state index contributed by atoms with van der Waals surface area (Å²) in [5.41, 5.74) is 3.54. The first-order chi connectivity index (χ1) is 13.0. The molecule has 2 N–H and O–H groups in total. The van der Waals surface area contributed by atoms with Gasteiger partial charge in [0.25, 0.3) is 11.6 Å². The normalized spacial score (nSPS) is 14.1. The van der Waals surface area contributed by atoms with Crippen molar-refractivity contribution in [3.63, 3.8) is 0 Å². The molecule has 4 rings (SSSR count). The van der Waals surface area contributed by atoms with E-state index in [2.05, 4.69) is 15.5 Å². The molecule has 0 aliphatic carbocycles. The Morgan fingerprint density at radius 1 is 1.15 bits per heavy atom. The number of nitrogens with zero attached hydrogens (tertiary/aromatic N) is 2. The van der Waals surface area contributed by atoms with Crippen molar-refractivity contribution < 1.29 is 14.5 Å². The first kappa shape index (κ1) is 16.5. The van der Waals surface area contributed by atoms with Crippen LogP contribution < -0.4 is 10.1 Å². The Labute approximate surface area is 153 Å². The number of anilines is 1. The minimum Gasteiger partial charge on any atom is -0.497 e. The highest BCUT2D eigenvalue weighted by Gasteiger charge is 2.26. The zero-order valence-electron chi connectivity index (χ0n) is 14.2. The van der Waals surface area contributed by atoms with Crippen molar-refractivity contribution in [3.05, 3.63) is 69.9 Å². The second kappa shape index (κ2) is 6.41. The summed E-state index contributed by atoms with van der Waals surface area (Å²) >= 11 is 0. The maximum Gasteiger partial charge on any atom is 0.270 e. The number of amides is 1. The van der Waals surface area contributed by atoms with Gasteiger partial charge in [-0.3, -0.25) is 20.0 Å². The van der Waals surface area contributed by atoms with Gasteiger partial charge in [0.2, 0.25) is 0 Å². The van der Waals surface area contributed by atoms with Crippen molar-refractivity contribution in [1.82, 2.24) is 10.2 Å². The van der Waals surface area contributed by atoms with Crippen molar-refractivity contribution in [3.8, 4) is 17.0 Å². The number of nitrogens with one attached hydrogen (secondary N) is 2. The second-order valence-corrected chi connectivity index (χ2v) is 5.94. The Morgan fingerprint density at radius 2 is 1.93 bits per heavy atom. The molecule has 1 aliphatic rings. The number of carbonyl (C=O) groups is 1. The van der Waals surface area contributed by atoms with E-state index in [4.69, 9.17) is 4.74 Å². The number of methoxy groups -OCH3 is 1. The lowest BCUT2D eigenvalue weighted by Crippen LogP contribution is -2.03. The van der Waals surface area contributed by atoms with Gasteiger partial charge in [0.05, 0.1) is 29.0 Å². The number of nitro groups is 1. The third-order valence-electron chi connectivity index (χ3n) is 4.28. The molecule has 1 aromatic heterocycles. The third-order valence-corrected chi connectivity index (χ3v) is 4.28. The average Bonchev–Trinajstić information content (AvgIpc) is 3.26. The van der Waals surface area contributed by atoms with E-state index in [0.717, 1.165) is 11.3 Å². The van der Waals surface area contributed by atoms with Crippen LogP contribution in [0.3, 0.4) is 0 Å². The number of aromatic amines is 1. The molecule has 0 saturated carbocycles. The number of nitro benzene ring substituents is 1. The van der Waals surface area contributed by atoms with Gasteiger partial charge in [-0.2, -0.15) is 5.10 Å². The first-order valence-electron chi connectivity index (χ1n) is 8.07. The number of ether oxygens (including phenoxy) is 1. The van der Waals surface area contributed by atoms with Crippen LogP contribution in [-0.4, -0.2) is 28.1 Å². The van der Waals surface area contributed by atoms with E-state index >= 15 is 0 Å². The standard InChI is InChI=1S/C19H14N4O4/c1-27-14-5-2-11(3-6-14)18-9-12(21-22-18)8-16-15-10-13(23(25)26)4-7-17(15)20-19(16)24/h2-10H,1H3,(H,20,24)(H,21,22)/b16-8-. The Morgan fingerprint density at radius 3 is 2.63 bits per heavy atom. The third kappa shape index (κ3) is 3.04. The molecule has 8 heteroatoms. The molecule has 0 atom stereocenters. The zero-order valence-corrected chi connectivity index (χ0v) is 14.2. The van der Waals surface area contributed by atoms with Crippen LogP contribution in [0.2, 0.25) is 0 Å². The van der Waals surface area contributed by atoms with Crippen molar-refractivity contribution in [2.45, 2.75) is 0 Å². The smallest absolute Gasteiger partial charge is 0.270 e. The van der Waals surface area contributed by atoms with Crippen LogP contribution in [0.4, 0.5) is 11.4 Å². The molecule has 2 aromatic carbocycles. The van der Waals surface area contributed by atoms with Gasteiger partial charge in [0.1, 0.15) is 5.75 Å². The van der Waals surface area contributed by atoms with Crippen molar-refractivity contribution in [1.29, 1.82) is 0 Å². The van der Waals surface area contributed by atoms with E-state index in [1.165, 1.54) is 18.2 Å². The zero-order chi connectivity index (χ0) is 19.0. The Balaban J connectivity index is 1.69. The van der Waals surface area contributed by atoms with Crippen LogP contribution in [0.25, 0.3) is 22.9 Å². The summed E-state index contributed by atoms with van der Waals surface area (Å²) in [6, 6.07) is 13.5. The summed E-state index contributed by atoms with van der Waals surface area (Å²) in [5, 5.41) is 20.9. The number of aromatic nitrogens is 2. The van der Waals surface area contributed by atoms with E-state index < -0.39 is 4.92 Å². The largest absolute Gasteiger partial charge is 0.497 e. The molecular formula is C19H14N4O4. The van der Waals surface area contributed by atoms with E-state index in [0.29, 0.717) is 28.2 Å². The molecule has 0 bridgehead atoms. The number of rotatable bonds is 4. The van der Waals surface area contributed by atoms with Gasteiger partial charge in [-0.05, 0) is 42.5 Å². The molecule has 27 heavy (non-hydrogen) atoms. The number of benzene rings is 2. The lowest BCUT2D eigenvalue weighted by Gasteiger charge is -2.00. The highest BCUT2D eigenvalue weighted by atomic mass is 16.6. The highest BCUT2D eigenvalue weighted by Crippen LogP contribution is 2.35. The van der Waals surface area contributed by atoms with Crippen LogP contribution in [0.1, 0.15) is 11.3 Å². The fourth-order valence-electron chi connectivity index (χ4n) is 2.91. The molecule has 3 aromatic rings. The predicted molar refractivity (Wildman–Crippen MR) is 100 cm³/mol. The lowest BCUT2D eigenvalue weighted by molar-refractivity contribution is -0.384. The van der Waals surface area contributed by atoms with Crippen LogP contribution in [0.5, 0.6) is 5.75 Å². The summed E-state index contributed by atoms with van der Waals surface area (Å²) in [6.45, 7) is 0. The molecule has 8 nitrogen and oxygen atoms in total. The number of fused-ring (bicyclic) bond motifs is 1. The maximum absolute atomic E-state index is 12.3. The number of non-ortho nitro benzene ring substituents is 1. The second-order valence-electron chi connectivity index (χ2n) is 5.94. The Bertz CT molecular complexity index is 1080. The number of hydrogen-bond acceptors (Lipinski definition) is 5. The van der Waals surface area contributed by atoms with Gasteiger partial charge in [0, 0.05) is 28.9 Å². The lowest BCUT2D eigenvalue weighted by atomic mass is 10.0. The van der Waals surface area contributed by atoms with Crippen LogP contribution in [0.15, 0.2) is 48.5 Å². The molecule has 0 radical (unpaired) electrons. The van der Waals surface area contributed by atoms with Crippen LogP contribution in [-0.2, 0) is 4.79 Å². The summed E-state index contributed by atoms with van der Waals surface area (Å²) in [5.74, 6) is 0.434. The molecule has 0 unspecified atom stereocenters. The van der Waals surface area contributed by atoms with Gasteiger partial charge in [-0.15, -0.1) is 0 Å². The van der Waals surface area contributed by atoms with E-state index in [1.807, 2.05) is 24.3 Å². The quantitative estimate of drug-likeness (QED) is 0.419. The Kier molecular flexibility index (Phi) is 3.92. The molecular weight excluding hydrogens is 348 g/mol. The summed E-state index contributed by atoms with van der Waals surface area (Å²) < 4.78 is 5.14. The van der Waals surface area contributed by atoms with E-state index in [-0.39, 0.29) is 11.6 Å². The number of H-pyrrole nitrogens is 1. The van der Waals surface area contributed by atoms with Crippen LogP contribution >= 0.6 is 0 Å². The van der Waals surface area contributed by atoms with Crippen LogP contribution in [0, 0.1) is 10.1 Å². The SMILES string of the molecule is COc1ccc(-c2cc(/C=C3\C(=O)Nc4ccc([N+](=O)[O-])cc43)[nH]n2)cc1. The molecule has 0 spiro atoms. The topological polar surface area (TPSA) is 110 Å². The van der Waals surface area contributed by atoms with E-state index in [9.17, 15) is 14.9 Å². The fourth-order valence-corrected chi connectivity index (χ4v) is 2.91. The average molecular weight is 362 g/mol. The maximum atomic E-state index is 12.3. The van der Waals surface area contributed by atoms with Gasteiger partial charge < -0.3 is 10.1 Å².